The van der Waals surface area contributed by atoms with Crippen LogP contribution in [0.2, 0.25) is 0 Å². The molecule has 0 radical (unpaired) electrons. The summed E-state index contributed by atoms with van der Waals surface area (Å²) < 4.78 is 23.3. The van der Waals surface area contributed by atoms with Gasteiger partial charge in [0.15, 0.2) is 9.84 Å². The highest BCUT2D eigenvalue weighted by Gasteiger charge is 2.32. The van der Waals surface area contributed by atoms with Gasteiger partial charge in [-0.05, 0) is 46.6 Å². The number of hydrogen-bond donors (Lipinski definition) is 0. The maximum Gasteiger partial charge on any atom is 0.179 e. The molecule has 0 fully saturated rings. The number of hydrogen-bond acceptors (Lipinski definition) is 2. The van der Waals surface area contributed by atoms with Gasteiger partial charge in [-0.1, -0.05) is 11.6 Å². The molecule has 80 valence electrons. The Morgan fingerprint density at radius 1 is 1.14 bits per heavy atom. The summed E-state index contributed by atoms with van der Waals surface area (Å²) in [6.45, 7) is 7.26. The smallest absolute Gasteiger partial charge is 0.179 e. The average Bonchev–Trinajstić information content (AvgIpc) is 2.03. The highest BCUT2D eigenvalue weighted by molar-refractivity contribution is 7.96. The summed E-state index contributed by atoms with van der Waals surface area (Å²) in [7, 11) is -3.11. The van der Waals surface area contributed by atoms with Crippen molar-refractivity contribution in [1.82, 2.24) is 0 Å². The first-order valence-corrected chi connectivity index (χ1v) is 6.34. The first-order valence-electron chi connectivity index (χ1n) is 4.86. The van der Waals surface area contributed by atoms with Gasteiger partial charge in [-0.2, -0.15) is 0 Å². The molecule has 0 aromatic rings. The Bertz CT molecular complexity index is 378. The van der Waals surface area contributed by atoms with E-state index in [1.165, 1.54) is 5.57 Å². The van der Waals surface area contributed by atoms with Gasteiger partial charge in [-0.15, -0.1) is 0 Å². The lowest BCUT2D eigenvalue weighted by molar-refractivity contribution is 0.564. The van der Waals surface area contributed by atoms with Crippen molar-refractivity contribution in [3.05, 3.63) is 22.6 Å². The van der Waals surface area contributed by atoms with Crippen LogP contribution in [0.3, 0.4) is 0 Å². The summed E-state index contributed by atoms with van der Waals surface area (Å²) in [4.78, 5) is 0.579. The molecule has 0 saturated carbocycles. The quantitative estimate of drug-likeness (QED) is 0.672. The van der Waals surface area contributed by atoms with E-state index in [9.17, 15) is 8.42 Å². The SMILES string of the molecule is CC1=CC=C(S(=O)(=O)C(C)(C)C)CC1. The maximum absolute atomic E-state index is 12.0. The average molecular weight is 214 g/mol. The van der Waals surface area contributed by atoms with Gasteiger partial charge >= 0.3 is 0 Å². The Morgan fingerprint density at radius 3 is 2.07 bits per heavy atom. The molecule has 0 atom stereocenters. The van der Waals surface area contributed by atoms with Gasteiger partial charge in [0.2, 0.25) is 0 Å². The van der Waals surface area contributed by atoms with Gasteiger partial charge in [0.1, 0.15) is 0 Å². The third-order valence-corrected chi connectivity index (χ3v) is 5.11. The molecule has 0 saturated heterocycles. The third-order valence-electron chi connectivity index (χ3n) is 2.47. The zero-order chi connectivity index (χ0) is 11.0. The standard InChI is InChI=1S/C11H18O2S/c1-9-5-7-10(8-6-9)14(12,13)11(2,3)4/h5,7H,6,8H2,1-4H3. The van der Waals surface area contributed by atoms with E-state index in [4.69, 9.17) is 0 Å². The molecule has 0 spiro atoms. The third kappa shape index (κ3) is 2.08. The number of allylic oxidation sites excluding steroid dienone is 4. The number of rotatable bonds is 1. The molecule has 0 aromatic heterocycles. The first kappa shape index (κ1) is 11.5. The molecule has 0 aliphatic heterocycles. The van der Waals surface area contributed by atoms with Crippen LogP contribution < -0.4 is 0 Å². The van der Waals surface area contributed by atoms with Crippen LogP contribution >= 0.6 is 0 Å². The summed E-state index contributed by atoms with van der Waals surface area (Å²) in [5, 5.41) is 0. The number of sulfone groups is 1. The van der Waals surface area contributed by atoms with Crippen molar-refractivity contribution in [3.8, 4) is 0 Å². The van der Waals surface area contributed by atoms with Crippen molar-refractivity contribution in [2.75, 3.05) is 0 Å². The molecule has 0 heterocycles. The lowest BCUT2D eigenvalue weighted by Crippen LogP contribution is -2.29. The van der Waals surface area contributed by atoms with Gasteiger partial charge in [0.25, 0.3) is 0 Å². The van der Waals surface area contributed by atoms with E-state index in [2.05, 4.69) is 0 Å². The van der Waals surface area contributed by atoms with Crippen molar-refractivity contribution >= 4 is 9.84 Å². The van der Waals surface area contributed by atoms with E-state index in [1.54, 1.807) is 26.8 Å². The molecular weight excluding hydrogens is 196 g/mol. The summed E-state index contributed by atoms with van der Waals surface area (Å²) in [5.41, 5.74) is 1.25. The Morgan fingerprint density at radius 2 is 1.71 bits per heavy atom. The van der Waals surface area contributed by atoms with Crippen LogP contribution in [0.15, 0.2) is 22.6 Å². The zero-order valence-corrected chi connectivity index (χ0v) is 10.1. The fraction of sp³-hybridized carbons (Fsp3) is 0.636. The van der Waals surface area contributed by atoms with E-state index in [0.717, 1.165) is 6.42 Å². The highest BCUT2D eigenvalue weighted by Crippen LogP contribution is 2.30. The monoisotopic (exact) mass is 214 g/mol. The van der Waals surface area contributed by atoms with Gasteiger partial charge in [-0.3, -0.25) is 0 Å². The first-order chi connectivity index (χ1) is 6.25. The Kier molecular flexibility index (Phi) is 2.91. The molecule has 1 aliphatic carbocycles. The molecule has 2 nitrogen and oxygen atoms in total. The van der Waals surface area contributed by atoms with Crippen molar-refractivity contribution < 1.29 is 8.42 Å². The van der Waals surface area contributed by atoms with E-state index in [1.807, 2.05) is 13.0 Å². The fourth-order valence-corrected chi connectivity index (χ4v) is 2.74. The second-order valence-electron chi connectivity index (χ2n) is 4.76. The van der Waals surface area contributed by atoms with Crippen LogP contribution in [0.5, 0.6) is 0 Å². The second-order valence-corrected chi connectivity index (χ2v) is 7.52. The molecule has 1 rings (SSSR count). The maximum atomic E-state index is 12.0. The fourth-order valence-electron chi connectivity index (χ4n) is 1.34. The van der Waals surface area contributed by atoms with Crippen LogP contribution in [-0.4, -0.2) is 13.2 Å². The topological polar surface area (TPSA) is 34.1 Å². The van der Waals surface area contributed by atoms with E-state index in [-0.39, 0.29) is 0 Å². The van der Waals surface area contributed by atoms with Gasteiger partial charge in [0, 0.05) is 4.91 Å². The molecule has 3 heteroatoms. The molecule has 14 heavy (non-hydrogen) atoms. The van der Waals surface area contributed by atoms with Crippen molar-refractivity contribution in [3.63, 3.8) is 0 Å². The van der Waals surface area contributed by atoms with Crippen molar-refractivity contribution in [2.24, 2.45) is 0 Å². The largest absolute Gasteiger partial charge is 0.223 e. The normalized spacial score (nSPS) is 18.9. The highest BCUT2D eigenvalue weighted by atomic mass is 32.2. The molecule has 0 aromatic carbocycles. The van der Waals surface area contributed by atoms with Crippen LogP contribution in [0.4, 0.5) is 0 Å². The van der Waals surface area contributed by atoms with Crippen molar-refractivity contribution in [1.29, 1.82) is 0 Å². The van der Waals surface area contributed by atoms with Crippen molar-refractivity contribution in [2.45, 2.75) is 45.3 Å². The molecular formula is C11H18O2S. The molecule has 0 bridgehead atoms. The second kappa shape index (κ2) is 3.54. The molecule has 1 aliphatic rings. The van der Waals surface area contributed by atoms with E-state index >= 15 is 0 Å². The van der Waals surface area contributed by atoms with E-state index < -0.39 is 14.6 Å². The van der Waals surface area contributed by atoms with Crippen LogP contribution in [-0.2, 0) is 9.84 Å². The van der Waals surface area contributed by atoms with Gasteiger partial charge in [0.05, 0.1) is 4.75 Å². The minimum absolute atomic E-state index is 0.579. The lowest BCUT2D eigenvalue weighted by atomic mass is 10.1. The Hall–Kier alpha value is -0.570. The van der Waals surface area contributed by atoms with Gasteiger partial charge in [-0.25, -0.2) is 8.42 Å². The minimum atomic E-state index is -3.11. The molecule has 0 N–H and O–H groups in total. The van der Waals surface area contributed by atoms with Crippen LogP contribution in [0.25, 0.3) is 0 Å². The van der Waals surface area contributed by atoms with Crippen LogP contribution in [0, 0.1) is 0 Å². The lowest BCUT2D eigenvalue weighted by Gasteiger charge is -2.22. The van der Waals surface area contributed by atoms with Crippen LogP contribution in [0.1, 0.15) is 40.5 Å². The molecule has 0 unspecified atom stereocenters. The van der Waals surface area contributed by atoms with E-state index in [0.29, 0.717) is 11.3 Å². The molecule has 0 amide bonds. The summed E-state index contributed by atoms with van der Waals surface area (Å²) >= 11 is 0. The Labute approximate surface area is 86.6 Å². The predicted molar refractivity (Wildman–Crippen MR) is 59.7 cm³/mol. The minimum Gasteiger partial charge on any atom is -0.223 e. The summed E-state index contributed by atoms with van der Waals surface area (Å²) in [5.74, 6) is 0. The summed E-state index contributed by atoms with van der Waals surface area (Å²) in [6.07, 6.45) is 5.17. The zero-order valence-electron chi connectivity index (χ0n) is 9.29. The van der Waals surface area contributed by atoms with Gasteiger partial charge < -0.3 is 0 Å². The predicted octanol–water partition coefficient (Wildman–Crippen LogP) is 2.82. The summed E-state index contributed by atoms with van der Waals surface area (Å²) in [6, 6.07) is 0. The Balaban J connectivity index is 3.09.